The van der Waals surface area contributed by atoms with Gasteiger partial charge in [-0.1, -0.05) is 67.9 Å². The average Bonchev–Trinajstić information content (AvgIpc) is 3.23. The van der Waals surface area contributed by atoms with Crippen molar-refractivity contribution < 1.29 is 8.83 Å². The monoisotopic (exact) mass is 408 g/mol. The van der Waals surface area contributed by atoms with Gasteiger partial charge in [0.05, 0.1) is 11.6 Å². The van der Waals surface area contributed by atoms with Crippen LogP contribution in [0.25, 0.3) is 44.2 Å². The summed E-state index contributed by atoms with van der Waals surface area (Å²) in [5.41, 5.74) is 7.67. The lowest BCUT2D eigenvalue weighted by Crippen LogP contribution is -2.01. The fourth-order valence-electron chi connectivity index (χ4n) is 4.37. The minimum absolute atomic E-state index is 0.305. The molecule has 5 rings (SSSR count). The Labute approximate surface area is 180 Å². The Bertz CT molecular complexity index is 1420. The van der Waals surface area contributed by atoms with Crippen LogP contribution in [-0.2, 0) is 6.42 Å². The normalized spacial score (nSPS) is 11.4. The van der Waals surface area contributed by atoms with E-state index in [1.807, 2.05) is 25.3 Å². The van der Waals surface area contributed by atoms with Crippen molar-refractivity contribution in [1.29, 1.82) is 0 Å². The van der Waals surface area contributed by atoms with Crippen molar-refractivity contribution in [1.82, 2.24) is 0 Å². The summed E-state index contributed by atoms with van der Waals surface area (Å²) in [6.07, 6.45) is 4.73. The highest BCUT2D eigenvalue weighted by atomic mass is 16.4. The Balaban J connectivity index is 1.67. The molecule has 0 bridgehead atoms. The predicted octanol–water partition coefficient (Wildman–Crippen LogP) is 7.52. The van der Waals surface area contributed by atoms with Crippen LogP contribution in [-0.4, -0.2) is 0 Å². The first-order chi connectivity index (χ1) is 15.2. The van der Waals surface area contributed by atoms with Gasteiger partial charge in [0.15, 0.2) is 0 Å². The molecule has 2 aromatic heterocycles. The molecule has 5 aromatic rings. The molecule has 0 fully saturated rings. The molecule has 0 aliphatic carbocycles. The van der Waals surface area contributed by atoms with Gasteiger partial charge in [-0.3, -0.25) is 0 Å². The average molecular weight is 408 g/mol. The molecule has 3 heteroatoms. The smallest absolute Gasteiger partial charge is 0.336 e. The van der Waals surface area contributed by atoms with Gasteiger partial charge in [-0.2, -0.15) is 0 Å². The van der Waals surface area contributed by atoms with E-state index in [1.54, 1.807) is 6.07 Å². The topological polar surface area (TPSA) is 43.4 Å². The molecular weight excluding hydrogens is 384 g/mol. The van der Waals surface area contributed by atoms with Gasteiger partial charge in [-0.25, -0.2) is 4.79 Å². The fraction of sp³-hybridized carbons (Fsp3) is 0.179. The van der Waals surface area contributed by atoms with E-state index in [-0.39, 0.29) is 5.63 Å². The number of unbranched alkanes of at least 4 members (excludes halogenated alkanes) is 1. The standard InChI is InChI=1S/C28H24O3/c1-3-4-8-22-16-25(29)31-24-15-18(2)26-23(17-30-28(26)27(22)24)21-13-11-20(12-14-21)19-9-6-5-7-10-19/h5-7,9-17H,3-4,8H2,1-2H3. The Morgan fingerprint density at radius 2 is 1.55 bits per heavy atom. The minimum Gasteiger partial charge on any atom is -0.463 e. The Morgan fingerprint density at radius 1 is 0.839 bits per heavy atom. The summed E-state index contributed by atoms with van der Waals surface area (Å²) in [6.45, 7) is 4.19. The van der Waals surface area contributed by atoms with Crippen LogP contribution in [0.2, 0.25) is 0 Å². The van der Waals surface area contributed by atoms with Crippen LogP contribution in [0.1, 0.15) is 30.9 Å². The van der Waals surface area contributed by atoms with Crippen molar-refractivity contribution in [3.05, 3.63) is 94.5 Å². The summed E-state index contributed by atoms with van der Waals surface area (Å²) in [5.74, 6) is 0. The lowest BCUT2D eigenvalue weighted by Gasteiger charge is -2.08. The van der Waals surface area contributed by atoms with Crippen molar-refractivity contribution in [2.75, 3.05) is 0 Å². The molecule has 0 aliphatic rings. The summed E-state index contributed by atoms with van der Waals surface area (Å²) in [7, 11) is 0. The van der Waals surface area contributed by atoms with Crippen LogP contribution in [0, 0.1) is 6.92 Å². The van der Waals surface area contributed by atoms with E-state index in [9.17, 15) is 4.79 Å². The first-order valence-corrected chi connectivity index (χ1v) is 10.8. The van der Waals surface area contributed by atoms with E-state index in [1.165, 1.54) is 11.1 Å². The highest BCUT2D eigenvalue weighted by molar-refractivity contribution is 6.10. The third-order valence-corrected chi connectivity index (χ3v) is 5.93. The van der Waals surface area contributed by atoms with Gasteiger partial charge in [0.2, 0.25) is 0 Å². The van der Waals surface area contributed by atoms with Gasteiger partial charge in [0.1, 0.15) is 11.2 Å². The van der Waals surface area contributed by atoms with Gasteiger partial charge in [-0.15, -0.1) is 0 Å². The van der Waals surface area contributed by atoms with Crippen molar-refractivity contribution in [2.45, 2.75) is 33.1 Å². The Hall–Kier alpha value is -3.59. The lowest BCUT2D eigenvalue weighted by molar-refractivity contribution is 0.556. The van der Waals surface area contributed by atoms with E-state index in [0.717, 1.165) is 57.9 Å². The lowest BCUT2D eigenvalue weighted by atomic mass is 9.95. The summed E-state index contributed by atoms with van der Waals surface area (Å²) < 4.78 is 11.6. The molecule has 154 valence electrons. The molecule has 0 spiro atoms. The summed E-state index contributed by atoms with van der Waals surface area (Å²) in [5, 5.41) is 1.99. The molecule has 31 heavy (non-hydrogen) atoms. The van der Waals surface area contributed by atoms with Crippen LogP contribution >= 0.6 is 0 Å². The summed E-state index contributed by atoms with van der Waals surface area (Å²) in [6, 6.07) is 22.5. The van der Waals surface area contributed by atoms with Gasteiger partial charge in [-0.05, 0) is 53.6 Å². The summed E-state index contributed by atoms with van der Waals surface area (Å²) >= 11 is 0. The number of hydrogen-bond acceptors (Lipinski definition) is 3. The van der Waals surface area contributed by atoms with Crippen LogP contribution in [0.15, 0.2) is 86.6 Å². The molecule has 0 saturated carbocycles. The molecule has 0 saturated heterocycles. The van der Waals surface area contributed by atoms with Crippen molar-refractivity contribution in [3.8, 4) is 22.3 Å². The maximum atomic E-state index is 12.1. The van der Waals surface area contributed by atoms with Gasteiger partial charge in [0.25, 0.3) is 0 Å². The van der Waals surface area contributed by atoms with E-state index in [0.29, 0.717) is 5.58 Å². The Kier molecular flexibility index (Phi) is 4.95. The second-order valence-corrected chi connectivity index (χ2v) is 8.06. The number of furan rings is 1. The van der Waals surface area contributed by atoms with E-state index >= 15 is 0 Å². The maximum Gasteiger partial charge on any atom is 0.336 e. The maximum absolute atomic E-state index is 12.1. The van der Waals surface area contributed by atoms with Crippen LogP contribution < -0.4 is 5.63 Å². The predicted molar refractivity (Wildman–Crippen MR) is 126 cm³/mol. The Morgan fingerprint density at radius 3 is 2.29 bits per heavy atom. The highest BCUT2D eigenvalue weighted by Gasteiger charge is 2.18. The minimum atomic E-state index is -0.305. The third kappa shape index (κ3) is 3.46. The van der Waals surface area contributed by atoms with Crippen LogP contribution in [0.3, 0.4) is 0 Å². The molecule has 0 atom stereocenters. The quantitative estimate of drug-likeness (QED) is 0.282. The van der Waals surface area contributed by atoms with Crippen molar-refractivity contribution >= 4 is 21.9 Å². The second-order valence-electron chi connectivity index (χ2n) is 8.06. The second kappa shape index (κ2) is 7.92. The number of rotatable bonds is 5. The number of hydrogen-bond donors (Lipinski definition) is 0. The first-order valence-electron chi connectivity index (χ1n) is 10.8. The third-order valence-electron chi connectivity index (χ3n) is 5.93. The number of fused-ring (bicyclic) bond motifs is 3. The highest BCUT2D eigenvalue weighted by Crippen LogP contribution is 2.39. The van der Waals surface area contributed by atoms with Gasteiger partial charge < -0.3 is 8.83 Å². The molecule has 2 heterocycles. The molecule has 3 nitrogen and oxygen atoms in total. The van der Waals surface area contributed by atoms with Crippen LogP contribution in [0.4, 0.5) is 0 Å². The van der Waals surface area contributed by atoms with E-state index in [4.69, 9.17) is 8.83 Å². The first kappa shape index (κ1) is 19.4. The molecule has 0 radical (unpaired) electrons. The zero-order valence-electron chi connectivity index (χ0n) is 17.8. The van der Waals surface area contributed by atoms with Crippen molar-refractivity contribution in [2.24, 2.45) is 0 Å². The zero-order valence-corrected chi connectivity index (χ0v) is 17.8. The molecule has 0 unspecified atom stereocenters. The molecular formula is C28H24O3. The fourth-order valence-corrected chi connectivity index (χ4v) is 4.37. The zero-order chi connectivity index (χ0) is 21.4. The molecule has 0 amide bonds. The van der Waals surface area contributed by atoms with E-state index < -0.39 is 0 Å². The van der Waals surface area contributed by atoms with Crippen LogP contribution in [0.5, 0.6) is 0 Å². The molecule has 3 aromatic carbocycles. The van der Waals surface area contributed by atoms with Crippen molar-refractivity contribution in [3.63, 3.8) is 0 Å². The molecule has 0 aliphatic heterocycles. The molecule has 0 N–H and O–H groups in total. The SMILES string of the molecule is CCCCc1cc(=O)oc2cc(C)c3c(-c4ccc(-c5ccccc5)cc4)coc3c12. The van der Waals surface area contributed by atoms with E-state index in [2.05, 4.69) is 55.5 Å². The van der Waals surface area contributed by atoms with Gasteiger partial charge >= 0.3 is 5.63 Å². The number of aryl methyl sites for hydroxylation is 2. The number of benzene rings is 3. The van der Waals surface area contributed by atoms with Gasteiger partial charge in [0, 0.05) is 17.0 Å². The largest absolute Gasteiger partial charge is 0.463 e. The summed E-state index contributed by atoms with van der Waals surface area (Å²) in [4.78, 5) is 12.1.